The van der Waals surface area contributed by atoms with Gasteiger partial charge in [-0.05, 0) is 0 Å². The van der Waals surface area contributed by atoms with Crippen LogP contribution in [0, 0.1) is 13.0 Å². The van der Waals surface area contributed by atoms with Crippen molar-refractivity contribution < 1.29 is 0 Å². The fourth-order valence-electron chi connectivity index (χ4n) is 2.21. The number of benzene rings is 3. The summed E-state index contributed by atoms with van der Waals surface area (Å²) in [6, 6.07) is 31.7. The van der Waals surface area contributed by atoms with Crippen molar-refractivity contribution in [3.63, 3.8) is 0 Å². The van der Waals surface area contributed by atoms with Gasteiger partial charge in [-0.1, -0.05) is 0 Å². The van der Waals surface area contributed by atoms with Crippen LogP contribution in [0.5, 0.6) is 0 Å². The predicted molar refractivity (Wildman–Crippen MR) is 87.6 cm³/mol. The van der Waals surface area contributed by atoms with Gasteiger partial charge in [0.1, 0.15) is 0 Å². The molecule has 0 aliphatic heterocycles. The molecule has 0 aromatic heterocycles. The van der Waals surface area contributed by atoms with Crippen LogP contribution in [0.4, 0.5) is 0 Å². The molecule has 0 nitrogen and oxygen atoms in total. The molecule has 0 atom stereocenters. The Hall–Kier alpha value is -1.78. The Morgan fingerprint density at radius 3 is 1.70 bits per heavy atom. The maximum absolute atomic E-state index is 3.50. The molecule has 1 heteroatoms. The molecular weight excluding hydrogens is 303 g/mol. The Morgan fingerprint density at radius 2 is 1.25 bits per heavy atom. The number of aryl methyl sites for hydroxylation is 1. The molecule has 3 aromatic carbocycles. The zero-order valence-corrected chi connectivity index (χ0v) is 13.3. The van der Waals surface area contributed by atoms with Gasteiger partial charge in [0, 0.05) is 0 Å². The fourth-order valence-corrected chi connectivity index (χ4v) is 6.86. The van der Waals surface area contributed by atoms with Gasteiger partial charge in [0.25, 0.3) is 0 Å². The van der Waals surface area contributed by atoms with Crippen LogP contribution in [0.1, 0.15) is 5.56 Å². The summed E-state index contributed by atoms with van der Waals surface area (Å²) in [5.41, 5.74) is 1.27. The van der Waals surface area contributed by atoms with Gasteiger partial charge >= 0.3 is 125 Å². The minimum atomic E-state index is -1.47. The summed E-state index contributed by atoms with van der Waals surface area (Å²) in [6.07, 6.45) is 0. The zero-order chi connectivity index (χ0) is 13.8. The minimum absolute atomic E-state index is 1.27. The topological polar surface area (TPSA) is 0 Å². The summed E-state index contributed by atoms with van der Waals surface area (Å²) in [5, 5.41) is 0. The van der Waals surface area contributed by atoms with Crippen LogP contribution in [0.2, 0.25) is 0 Å². The van der Waals surface area contributed by atoms with Gasteiger partial charge in [0.15, 0.2) is 0 Å². The Morgan fingerprint density at radius 1 is 0.700 bits per heavy atom. The first kappa shape index (κ1) is 13.2. The standard InChI is InChI=1S/C19H16As/c1-16-12-14-19(15-13-16)20(17-8-4-2-5-9-17)18-10-6-3-7-11-18/h2-14H,1H3/q-1. The Labute approximate surface area is 125 Å². The quantitative estimate of drug-likeness (QED) is 0.513. The summed E-state index contributed by atoms with van der Waals surface area (Å²) in [4.78, 5) is 0. The molecule has 0 fully saturated rings. The molecule has 98 valence electrons. The Kier molecular flexibility index (Phi) is 4.04. The first-order chi connectivity index (χ1) is 9.84. The number of hydrogen-bond donors (Lipinski definition) is 0. The first-order valence-electron chi connectivity index (χ1n) is 6.73. The summed E-state index contributed by atoms with van der Waals surface area (Å²) < 4.78 is 4.26. The monoisotopic (exact) mass is 319 g/mol. The van der Waals surface area contributed by atoms with E-state index in [1.54, 1.807) is 0 Å². The molecule has 0 aliphatic carbocycles. The van der Waals surface area contributed by atoms with Gasteiger partial charge in [0.05, 0.1) is 0 Å². The van der Waals surface area contributed by atoms with E-state index in [9.17, 15) is 0 Å². The third-order valence-electron chi connectivity index (χ3n) is 3.22. The van der Waals surface area contributed by atoms with Crippen molar-refractivity contribution in [3.8, 4) is 0 Å². The summed E-state index contributed by atoms with van der Waals surface area (Å²) >= 11 is -1.47. The maximum atomic E-state index is 3.50. The number of hydrogen-bond acceptors (Lipinski definition) is 0. The molecule has 20 heavy (non-hydrogen) atoms. The first-order valence-corrected chi connectivity index (χ1v) is 9.55. The summed E-state index contributed by atoms with van der Waals surface area (Å²) in [5.74, 6) is 0. The van der Waals surface area contributed by atoms with Crippen LogP contribution in [0.25, 0.3) is 0 Å². The van der Waals surface area contributed by atoms with Crippen molar-refractivity contribution in [2.45, 2.75) is 6.92 Å². The van der Waals surface area contributed by atoms with Gasteiger partial charge in [-0.15, -0.1) is 0 Å². The molecule has 0 N–H and O–H groups in total. The van der Waals surface area contributed by atoms with E-state index in [4.69, 9.17) is 0 Å². The third-order valence-corrected chi connectivity index (χ3v) is 8.23. The third kappa shape index (κ3) is 2.86. The average molecular weight is 319 g/mol. The number of rotatable bonds is 3. The van der Waals surface area contributed by atoms with Crippen molar-refractivity contribution in [2.75, 3.05) is 0 Å². The molecule has 0 saturated carbocycles. The van der Waals surface area contributed by atoms with E-state index >= 15 is 0 Å². The molecule has 0 saturated heterocycles. The second-order valence-electron chi connectivity index (χ2n) is 4.76. The van der Waals surface area contributed by atoms with E-state index in [1.807, 2.05) is 0 Å². The van der Waals surface area contributed by atoms with Crippen molar-refractivity contribution >= 4 is 27.7 Å². The molecule has 0 radical (unpaired) electrons. The van der Waals surface area contributed by atoms with Crippen LogP contribution in [0.15, 0.2) is 78.9 Å². The van der Waals surface area contributed by atoms with Gasteiger partial charge in [-0.2, -0.15) is 0 Å². The Bertz CT molecular complexity index is 618. The molecule has 0 amide bonds. The second kappa shape index (κ2) is 6.11. The zero-order valence-electron chi connectivity index (χ0n) is 11.5. The van der Waals surface area contributed by atoms with Crippen molar-refractivity contribution in [1.29, 1.82) is 0 Å². The Balaban J connectivity index is 2.11. The molecule has 3 aromatic rings. The van der Waals surface area contributed by atoms with Crippen molar-refractivity contribution in [3.05, 3.63) is 90.5 Å². The fraction of sp³-hybridized carbons (Fsp3) is 0.0526. The SMILES string of the molecule is Cc1c[c-]c([As](c2ccccc2)c2ccccc2)cc1. The molecule has 3 rings (SSSR count). The van der Waals surface area contributed by atoms with Crippen LogP contribution < -0.4 is 13.1 Å². The summed E-state index contributed by atoms with van der Waals surface area (Å²) in [6.45, 7) is 2.11. The van der Waals surface area contributed by atoms with E-state index in [-0.39, 0.29) is 0 Å². The van der Waals surface area contributed by atoms with Gasteiger partial charge in [-0.25, -0.2) is 0 Å². The van der Waals surface area contributed by atoms with Gasteiger partial charge in [-0.3, -0.25) is 0 Å². The van der Waals surface area contributed by atoms with Crippen molar-refractivity contribution in [1.82, 2.24) is 0 Å². The van der Waals surface area contributed by atoms with E-state index in [0.29, 0.717) is 0 Å². The van der Waals surface area contributed by atoms with Gasteiger partial charge in [0.2, 0.25) is 0 Å². The molecule has 0 aliphatic rings. The van der Waals surface area contributed by atoms with Crippen LogP contribution in [-0.2, 0) is 0 Å². The molecule has 0 bridgehead atoms. The van der Waals surface area contributed by atoms with Crippen LogP contribution in [0.3, 0.4) is 0 Å². The summed E-state index contributed by atoms with van der Waals surface area (Å²) in [7, 11) is 0. The molecule has 0 heterocycles. The van der Waals surface area contributed by atoms with E-state index < -0.39 is 14.7 Å². The normalized spacial score (nSPS) is 10.7. The second-order valence-corrected chi connectivity index (χ2v) is 9.34. The predicted octanol–water partition coefficient (Wildman–Crippen LogP) is 2.31. The molecule has 0 unspecified atom stereocenters. The average Bonchev–Trinajstić information content (AvgIpc) is 2.52. The molecule has 0 spiro atoms. The van der Waals surface area contributed by atoms with Crippen molar-refractivity contribution in [2.24, 2.45) is 0 Å². The van der Waals surface area contributed by atoms with E-state index in [0.717, 1.165) is 0 Å². The van der Waals surface area contributed by atoms with Crippen LogP contribution >= 0.6 is 0 Å². The van der Waals surface area contributed by atoms with Gasteiger partial charge < -0.3 is 0 Å². The van der Waals surface area contributed by atoms with Crippen LogP contribution in [-0.4, -0.2) is 14.7 Å². The van der Waals surface area contributed by atoms with E-state index in [2.05, 4.69) is 91.9 Å². The van der Waals surface area contributed by atoms with E-state index in [1.165, 1.54) is 18.6 Å². The molecular formula is C19H16As-.